The fourth-order valence-corrected chi connectivity index (χ4v) is 4.42. The van der Waals surface area contributed by atoms with Crippen molar-refractivity contribution in [3.8, 4) is 0 Å². The smallest absolute Gasteiger partial charge is 0.361 e. The summed E-state index contributed by atoms with van der Waals surface area (Å²) in [5.41, 5.74) is -1.55. The summed E-state index contributed by atoms with van der Waals surface area (Å²) in [6.45, 7) is 2.01. The molecule has 31 heavy (non-hydrogen) atoms. The third kappa shape index (κ3) is 6.43. The predicted octanol–water partition coefficient (Wildman–Crippen LogP) is 3.58. The molecule has 0 aromatic heterocycles. The average Bonchev–Trinajstić information content (AvgIpc) is 3.19. The van der Waals surface area contributed by atoms with Gasteiger partial charge in [-0.2, -0.15) is 13.2 Å². The van der Waals surface area contributed by atoms with E-state index in [9.17, 15) is 22.8 Å². The Morgan fingerprint density at radius 2 is 1.87 bits per heavy atom. The largest absolute Gasteiger partial charge is 0.417 e. The summed E-state index contributed by atoms with van der Waals surface area (Å²) in [6, 6.07) is 2.90. The Morgan fingerprint density at radius 3 is 2.55 bits per heavy atom. The van der Waals surface area contributed by atoms with Gasteiger partial charge in [0.15, 0.2) is 0 Å². The highest BCUT2D eigenvalue weighted by Crippen LogP contribution is 2.36. The Bertz CT molecular complexity index is 805. The molecule has 0 bridgehead atoms. The number of carbonyl (C=O) groups is 2. The summed E-state index contributed by atoms with van der Waals surface area (Å²) in [5, 5.41) is 5.45. The van der Waals surface area contributed by atoms with Gasteiger partial charge < -0.3 is 15.1 Å². The van der Waals surface area contributed by atoms with Gasteiger partial charge in [0.2, 0.25) is 11.8 Å². The van der Waals surface area contributed by atoms with E-state index in [4.69, 9.17) is 11.6 Å². The Morgan fingerprint density at radius 1 is 1.19 bits per heavy atom. The zero-order valence-corrected chi connectivity index (χ0v) is 18.6. The molecule has 11 heteroatoms. The van der Waals surface area contributed by atoms with Gasteiger partial charge in [0.25, 0.3) is 0 Å². The van der Waals surface area contributed by atoms with Gasteiger partial charge in [0.05, 0.1) is 23.2 Å². The third-order valence-electron chi connectivity index (χ3n) is 5.50. The molecule has 0 radical (unpaired) electrons. The van der Waals surface area contributed by atoms with Crippen LogP contribution in [-0.2, 0) is 15.8 Å². The first-order valence-corrected chi connectivity index (χ1v) is 11.2. The molecule has 2 atom stereocenters. The lowest BCUT2D eigenvalue weighted by Crippen LogP contribution is -2.51. The van der Waals surface area contributed by atoms with Gasteiger partial charge in [-0.15, -0.1) is 12.6 Å². The van der Waals surface area contributed by atoms with Crippen molar-refractivity contribution in [3.05, 3.63) is 28.8 Å². The second-order valence-electron chi connectivity index (χ2n) is 7.80. The van der Waals surface area contributed by atoms with Crippen LogP contribution in [-0.4, -0.2) is 59.3 Å². The number of carbonyl (C=O) groups excluding carboxylic acids is 2. The first-order valence-electron chi connectivity index (χ1n) is 10.3. The number of alkyl halides is 3. The van der Waals surface area contributed by atoms with Crippen LogP contribution >= 0.6 is 24.2 Å². The van der Waals surface area contributed by atoms with Crippen molar-refractivity contribution in [2.75, 3.05) is 31.5 Å². The average molecular weight is 479 g/mol. The minimum Gasteiger partial charge on any atom is -0.361 e. The lowest BCUT2D eigenvalue weighted by Gasteiger charge is -2.28. The van der Waals surface area contributed by atoms with E-state index in [-0.39, 0.29) is 29.1 Å². The van der Waals surface area contributed by atoms with Crippen LogP contribution in [0.4, 0.5) is 18.9 Å². The van der Waals surface area contributed by atoms with Gasteiger partial charge in [-0.3, -0.25) is 14.9 Å². The number of likely N-dealkylation sites (tertiary alicyclic amines) is 2. The van der Waals surface area contributed by atoms with Crippen LogP contribution in [0.5, 0.6) is 0 Å². The summed E-state index contributed by atoms with van der Waals surface area (Å²) >= 11 is 10.00. The predicted molar refractivity (Wildman–Crippen MR) is 116 cm³/mol. The highest BCUT2D eigenvalue weighted by molar-refractivity contribution is 7.81. The molecule has 2 aliphatic heterocycles. The number of hydrogen-bond acceptors (Lipinski definition) is 5. The summed E-state index contributed by atoms with van der Waals surface area (Å²) in [4.78, 5) is 28.8. The number of amides is 2. The highest BCUT2D eigenvalue weighted by atomic mass is 35.5. The maximum Gasteiger partial charge on any atom is 0.417 e. The molecule has 0 saturated carbocycles. The molecule has 2 saturated heterocycles. The Balaban J connectivity index is 1.61. The minimum atomic E-state index is -4.58. The molecule has 0 spiro atoms. The van der Waals surface area contributed by atoms with Crippen LogP contribution in [0.1, 0.15) is 37.7 Å². The second-order valence-corrected chi connectivity index (χ2v) is 8.73. The van der Waals surface area contributed by atoms with Gasteiger partial charge in [0, 0.05) is 25.3 Å². The number of thiol groups is 1. The Labute approximate surface area is 189 Å². The summed E-state index contributed by atoms with van der Waals surface area (Å²) in [5.74, 6) is -0.245. The van der Waals surface area contributed by atoms with Crippen LogP contribution < -0.4 is 10.6 Å². The topological polar surface area (TPSA) is 64.7 Å². The zero-order valence-electron chi connectivity index (χ0n) is 16.9. The van der Waals surface area contributed by atoms with Gasteiger partial charge in [0.1, 0.15) is 5.50 Å². The van der Waals surface area contributed by atoms with E-state index in [2.05, 4.69) is 23.3 Å². The minimum absolute atomic E-state index is 0.0482. The van der Waals surface area contributed by atoms with E-state index in [0.29, 0.717) is 13.0 Å². The molecule has 0 aliphatic carbocycles. The van der Waals surface area contributed by atoms with Gasteiger partial charge >= 0.3 is 6.18 Å². The molecule has 2 fully saturated rings. The standard InChI is InChI=1S/C20H26ClF3N4O2S/c21-15-7-6-13(11-14(15)20(22,23)24)25-19(31)26-16-5-1-2-10-28(18(16)30)12-17(29)27-8-3-4-9-27/h6-7,11,16,19,25-26,31H,1-5,8-10,12H2. The molecule has 1 aromatic carbocycles. The Kier molecular flexibility index (Phi) is 7.98. The van der Waals surface area contributed by atoms with E-state index >= 15 is 0 Å². The molecular formula is C20H26ClF3N4O2S. The van der Waals surface area contributed by atoms with Gasteiger partial charge in [-0.05, 0) is 50.3 Å². The van der Waals surface area contributed by atoms with Crippen molar-refractivity contribution in [1.29, 1.82) is 0 Å². The second kappa shape index (κ2) is 10.3. The first kappa shape index (κ1) is 24.0. The highest BCUT2D eigenvalue weighted by Gasteiger charge is 2.34. The van der Waals surface area contributed by atoms with Crippen LogP contribution in [0.25, 0.3) is 0 Å². The van der Waals surface area contributed by atoms with Crippen LogP contribution in [0.3, 0.4) is 0 Å². The summed E-state index contributed by atoms with van der Waals surface area (Å²) in [6.07, 6.45) is -0.477. The Hall–Kier alpha value is -1.65. The van der Waals surface area contributed by atoms with Crippen molar-refractivity contribution in [3.63, 3.8) is 0 Å². The van der Waals surface area contributed by atoms with E-state index < -0.39 is 23.3 Å². The van der Waals surface area contributed by atoms with Crippen LogP contribution in [0, 0.1) is 0 Å². The molecule has 2 amide bonds. The lowest BCUT2D eigenvalue weighted by molar-refractivity contribution is -0.140. The van der Waals surface area contributed by atoms with Crippen molar-refractivity contribution < 1.29 is 22.8 Å². The van der Waals surface area contributed by atoms with Crippen LogP contribution in [0.15, 0.2) is 18.2 Å². The van der Waals surface area contributed by atoms with Crippen molar-refractivity contribution in [2.45, 2.75) is 49.8 Å². The normalized spacial score (nSPS) is 21.2. The van der Waals surface area contributed by atoms with Crippen molar-refractivity contribution in [2.24, 2.45) is 0 Å². The summed E-state index contributed by atoms with van der Waals surface area (Å²) in [7, 11) is 0. The fraction of sp³-hybridized carbons (Fsp3) is 0.600. The first-order chi connectivity index (χ1) is 14.6. The molecule has 2 N–H and O–H groups in total. The number of halogens is 4. The number of nitrogens with one attached hydrogen (secondary N) is 2. The maximum atomic E-state index is 13.1. The molecule has 3 rings (SSSR count). The van der Waals surface area contributed by atoms with E-state index in [0.717, 1.165) is 50.9 Å². The van der Waals surface area contributed by atoms with Gasteiger partial charge in [-0.25, -0.2) is 0 Å². The maximum absolute atomic E-state index is 13.1. The number of nitrogens with zero attached hydrogens (tertiary/aromatic N) is 2. The fourth-order valence-electron chi connectivity index (χ4n) is 3.87. The van der Waals surface area contributed by atoms with Gasteiger partial charge in [-0.1, -0.05) is 11.6 Å². The van der Waals surface area contributed by atoms with Crippen molar-refractivity contribution >= 4 is 41.7 Å². The molecule has 172 valence electrons. The monoisotopic (exact) mass is 478 g/mol. The molecular weight excluding hydrogens is 453 g/mol. The zero-order chi connectivity index (χ0) is 22.6. The molecule has 6 nitrogen and oxygen atoms in total. The number of rotatable bonds is 6. The third-order valence-corrected chi connectivity index (χ3v) is 6.11. The number of hydrogen-bond donors (Lipinski definition) is 3. The molecule has 2 heterocycles. The number of anilines is 1. The van der Waals surface area contributed by atoms with Crippen molar-refractivity contribution in [1.82, 2.24) is 15.1 Å². The lowest BCUT2D eigenvalue weighted by atomic mass is 10.1. The van der Waals surface area contributed by atoms with Crippen LogP contribution in [0.2, 0.25) is 5.02 Å². The summed E-state index contributed by atoms with van der Waals surface area (Å²) < 4.78 is 39.2. The van der Waals surface area contributed by atoms with E-state index in [1.807, 2.05) is 0 Å². The van der Waals surface area contributed by atoms with E-state index in [1.54, 1.807) is 9.80 Å². The molecule has 2 unspecified atom stereocenters. The quantitative estimate of drug-likeness (QED) is 0.432. The SMILES string of the molecule is O=C(CN1CCCCC(NC(S)Nc2ccc(Cl)c(C(F)(F)F)c2)C1=O)N1CCCC1. The molecule has 1 aromatic rings. The number of benzene rings is 1. The van der Waals surface area contributed by atoms with E-state index in [1.165, 1.54) is 6.07 Å². The molecule has 2 aliphatic rings.